The number of hydrogen-bond donors (Lipinski definition) is 0. The van der Waals surface area contributed by atoms with Crippen molar-refractivity contribution in [1.82, 2.24) is 0 Å². The molecule has 0 atom stereocenters. The fraction of sp³-hybridized carbons (Fsp3) is 0.500. The van der Waals surface area contributed by atoms with Gasteiger partial charge in [-0.05, 0) is 59.4 Å². The van der Waals surface area contributed by atoms with E-state index in [-0.39, 0.29) is 15.8 Å². The van der Waals surface area contributed by atoms with E-state index in [1.165, 1.54) is 35.8 Å². The van der Waals surface area contributed by atoms with Crippen LogP contribution in [0, 0.1) is 23.7 Å². The molecule has 0 spiro atoms. The van der Waals surface area contributed by atoms with E-state index in [1.807, 2.05) is 0 Å². The van der Waals surface area contributed by atoms with E-state index < -0.39 is 0 Å². The standard InChI is InChI=1S/C32H46P2S/c1-23(2)19-33(20-24(3)4)29-30(34(21-25(5)6)22-26(7)8)32(28-17-13-10-14-18-28)35-31(29)27-15-11-9-12-16-27/h9-18,23-26H,19-22H2,1-8H3. The Morgan fingerprint density at radius 2 is 0.771 bits per heavy atom. The summed E-state index contributed by atoms with van der Waals surface area (Å²) in [5.41, 5.74) is 2.83. The largest absolute Gasteiger partial charge is 0.134 e. The molecule has 1 aromatic heterocycles. The Labute approximate surface area is 222 Å². The Bertz CT molecular complexity index is 916. The summed E-state index contributed by atoms with van der Waals surface area (Å²) >= 11 is 2.09. The molecule has 1 heterocycles. The lowest BCUT2D eigenvalue weighted by atomic mass is 10.1. The van der Waals surface area contributed by atoms with Crippen molar-refractivity contribution < 1.29 is 0 Å². The molecule has 0 nitrogen and oxygen atoms in total. The van der Waals surface area contributed by atoms with Crippen LogP contribution in [0.4, 0.5) is 0 Å². The fourth-order valence-electron chi connectivity index (χ4n) is 4.85. The molecule has 0 radical (unpaired) electrons. The summed E-state index contributed by atoms with van der Waals surface area (Å²) in [5.74, 6) is 2.88. The Kier molecular flexibility index (Phi) is 11.0. The van der Waals surface area contributed by atoms with Gasteiger partial charge in [-0.2, -0.15) is 0 Å². The lowest BCUT2D eigenvalue weighted by Gasteiger charge is -2.29. The minimum absolute atomic E-state index is 0.225. The molecule has 0 aliphatic rings. The van der Waals surface area contributed by atoms with Crippen LogP contribution in [0.2, 0.25) is 0 Å². The van der Waals surface area contributed by atoms with E-state index in [0.717, 1.165) is 23.7 Å². The Balaban J connectivity index is 2.38. The van der Waals surface area contributed by atoms with E-state index in [9.17, 15) is 0 Å². The Morgan fingerprint density at radius 1 is 0.486 bits per heavy atom. The highest BCUT2D eigenvalue weighted by Gasteiger charge is 2.31. The van der Waals surface area contributed by atoms with E-state index in [4.69, 9.17) is 0 Å². The van der Waals surface area contributed by atoms with Crippen molar-refractivity contribution in [3.05, 3.63) is 60.7 Å². The van der Waals surface area contributed by atoms with Crippen LogP contribution in [-0.2, 0) is 0 Å². The second-order valence-corrected chi connectivity index (χ2v) is 17.1. The summed E-state index contributed by atoms with van der Waals surface area (Å²) in [4.78, 5) is 3.12. The first-order chi connectivity index (χ1) is 16.7. The molecular weight excluding hydrogens is 478 g/mol. The minimum Gasteiger partial charge on any atom is -0.134 e. The van der Waals surface area contributed by atoms with E-state index in [0.29, 0.717) is 0 Å². The lowest BCUT2D eigenvalue weighted by Crippen LogP contribution is -2.28. The van der Waals surface area contributed by atoms with Crippen LogP contribution in [0.25, 0.3) is 20.9 Å². The third-order valence-corrected chi connectivity index (χ3v) is 14.5. The van der Waals surface area contributed by atoms with Gasteiger partial charge in [0, 0.05) is 20.4 Å². The lowest BCUT2D eigenvalue weighted by molar-refractivity contribution is 0.720. The van der Waals surface area contributed by atoms with Gasteiger partial charge in [0.2, 0.25) is 0 Å². The Morgan fingerprint density at radius 3 is 1.03 bits per heavy atom. The van der Waals surface area contributed by atoms with Crippen LogP contribution in [0.1, 0.15) is 55.4 Å². The molecule has 0 saturated heterocycles. The van der Waals surface area contributed by atoms with Crippen molar-refractivity contribution in [3.8, 4) is 20.9 Å². The van der Waals surface area contributed by atoms with Crippen molar-refractivity contribution in [3.63, 3.8) is 0 Å². The maximum absolute atomic E-state index is 2.42. The van der Waals surface area contributed by atoms with Crippen LogP contribution in [0.15, 0.2) is 60.7 Å². The van der Waals surface area contributed by atoms with Crippen LogP contribution in [0.3, 0.4) is 0 Å². The van der Waals surface area contributed by atoms with Gasteiger partial charge in [0.05, 0.1) is 0 Å². The van der Waals surface area contributed by atoms with E-state index in [1.54, 1.807) is 20.4 Å². The van der Waals surface area contributed by atoms with Gasteiger partial charge in [-0.25, -0.2) is 0 Å². The first-order valence-corrected chi connectivity index (χ1v) is 17.7. The van der Waals surface area contributed by atoms with Crippen LogP contribution < -0.4 is 10.6 Å². The van der Waals surface area contributed by atoms with E-state index >= 15 is 0 Å². The highest BCUT2D eigenvalue weighted by molar-refractivity contribution is 7.73. The van der Waals surface area contributed by atoms with Crippen molar-refractivity contribution in [1.29, 1.82) is 0 Å². The summed E-state index contributed by atoms with van der Waals surface area (Å²) < 4.78 is 0. The zero-order valence-corrected chi connectivity index (χ0v) is 25.8. The summed E-state index contributed by atoms with van der Waals surface area (Å²) in [6, 6.07) is 22.6. The molecule has 0 saturated carbocycles. The van der Waals surface area contributed by atoms with Crippen LogP contribution in [0.5, 0.6) is 0 Å². The highest BCUT2D eigenvalue weighted by Crippen LogP contribution is 2.52. The maximum atomic E-state index is 2.42. The number of benzene rings is 2. The molecule has 0 unspecified atom stereocenters. The zero-order chi connectivity index (χ0) is 25.5. The predicted octanol–water partition coefficient (Wildman–Crippen LogP) is 9.92. The quantitative estimate of drug-likeness (QED) is 0.207. The van der Waals surface area contributed by atoms with Crippen molar-refractivity contribution >= 4 is 37.8 Å². The van der Waals surface area contributed by atoms with Gasteiger partial charge in [-0.3, -0.25) is 0 Å². The molecule has 0 fully saturated rings. The molecular formula is C32H46P2S. The number of hydrogen-bond acceptors (Lipinski definition) is 1. The predicted molar refractivity (Wildman–Crippen MR) is 167 cm³/mol. The molecule has 2 aromatic carbocycles. The summed E-state index contributed by atoms with van der Waals surface area (Å²) in [6.07, 6.45) is 5.32. The van der Waals surface area contributed by atoms with Crippen molar-refractivity contribution in [2.24, 2.45) is 23.7 Å². The van der Waals surface area contributed by atoms with Crippen LogP contribution in [-0.4, -0.2) is 24.6 Å². The number of thiophene rings is 1. The SMILES string of the molecule is CC(C)CP(CC(C)C)c1c(-c2ccccc2)sc(-c2ccccc2)c1P(CC(C)C)CC(C)C. The highest BCUT2D eigenvalue weighted by atomic mass is 32.1. The van der Waals surface area contributed by atoms with Crippen molar-refractivity contribution in [2.45, 2.75) is 55.4 Å². The van der Waals surface area contributed by atoms with Gasteiger partial charge in [-0.1, -0.05) is 132 Å². The summed E-state index contributed by atoms with van der Waals surface area (Å²) in [6.45, 7) is 19.4. The van der Waals surface area contributed by atoms with E-state index in [2.05, 4.69) is 127 Å². The molecule has 0 bridgehead atoms. The van der Waals surface area contributed by atoms with Gasteiger partial charge in [0.25, 0.3) is 0 Å². The molecule has 0 aliphatic heterocycles. The second kappa shape index (κ2) is 13.5. The normalized spacial score (nSPS) is 12.3. The maximum Gasteiger partial charge on any atom is 0.0432 e. The van der Waals surface area contributed by atoms with Crippen molar-refractivity contribution in [2.75, 3.05) is 24.6 Å². The monoisotopic (exact) mass is 524 g/mol. The number of rotatable bonds is 12. The molecule has 0 aliphatic carbocycles. The molecule has 3 aromatic rings. The van der Waals surface area contributed by atoms with Gasteiger partial charge in [0.1, 0.15) is 0 Å². The third-order valence-electron chi connectivity index (χ3n) is 5.91. The second-order valence-electron chi connectivity index (χ2n) is 11.6. The first kappa shape index (κ1) is 28.6. The molecule has 35 heavy (non-hydrogen) atoms. The van der Waals surface area contributed by atoms with Gasteiger partial charge in [0.15, 0.2) is 0 Å². The average molecular weight is 525 g/mol. The van der Waals surface area contributed by atoms with Crippen LogP contribution >= 0.6 is 27.2 Å². The summed E-state index contributed by atoms with van der Waals surface area (Å²) in [5, 5.41) is 3.54. The van der Waals surface area contributed by atoms with Gasteiger partial charge >= 0.3 is 0 Å². The molecule has 0 amide bonds. The van der Waals surface area contributed by atoms with Gasteiger partial charge in [-0.15, -0.1) is 11.3 Å². The molecule has 0 N–H and O–H groups in total. The molecule has 3 rings (SSSR count). The van der Waals surface area contributed by atoms with Gasteiger partial charge < -0.3 is 0 Å². The fourth-order valence-corrected chi connectivity index (χ4v) is 14.2. The summed E-state index contributed by atoms with van der Waals surface area (Å²) in [7, 11) is -0.450. The molecule has 190 valence electrons. The average Bonchev–Trinajstić information content (AvgIpc) is 3.19. The Hall–Kier alpha value is -1.000. The smallest absolute Gasteiger partial charge is 0.0432 e. The first-order valence-electron chi connectivity index (χ1n) is 13.4. The minimum atomic E-state index is -0.225. The molecule has 3 heteroatoms. The topological polar surface area (TPSA) is 0 Å². The zero-order valence-electron chi connectivity index (χ0n) is 23.2. The third kappa shape index (κ3) is 7.99.